The molecule has 0 aromatic heterocycles. The number of primary amides is 1. The van der Waals surface area contributed by atoms with E-state index in [-0.39, 0.29) is 42.3 Å². The van der Waals surface area contributed by atoms with Crippen LogP contribution in [0.5, 0.6) is 5.75 Å². The second kappa shape index (κ2) is 8.32. The van der Waals surface area contributed by atoms with Gasteiger partial charge < -0.3 is 20.3 Å². The Morgan fingerprint density at radius 2 is 1.84 bits per heavy atom. The number of rotatable bonds is 3. The Labute approximate surface area is 181 Å². The van der Waals surface area contributed by atoms with Crippen molar-refractivity contribution in [2.75, 3.05) is 19.6 Å². The summed E-state index contributed by atoms with van der Waals surface area (Å²) in [5.74, 6) is -0.122. The highest BCUT2D eigenvalue weighted by Crippen LogP contribution is 2.39. The number of para-hydroxylation sites is 1. The van der Waals surface area contributed by atoms with Crippen LogP contribution >= 0.6 is 0 Å². The Bertz CT molecular complexity index is 908. The van der Waals surface area contributed by atoms with Crippen LogP contribution in [0.4, 0.5) is 0 Å². The second-order valence-corrected chi connectivity index (χ2v) is 8.90. The average Bonchev–Trinajstić information content (AvgIpc) is 2.92. The van der Waals surface area contributed by atoms with Crippen LogP contribution in [0.1, 0.15) is 55.8 Å². The number of carbonyl (C=O) groups is 4. The van der Waals surface area contributed by atoms with Gasteiger partial charge in [-0.15, -0.1) is 0 Å². The van der Waals surface area contributed by atoms with Gasteiger partial charge in [-0.1, -0.05) is 12.1 Å². The van der Waals surface area contributed by atoms with Crippen LogP contribution < -0.4 is 10.5 Å². The number of piperidine rings is 1. The van der Waals surface area contributed by atoms with Gasteiger partial charge in [-0.25, -0.2) is 0 Å². The Kier molecular flexibility index (Phi) is 5.73. The predicted molar refractivity (Wildman–Crippen MR) is 112 cm³/mol. The van der Waals surface area contributed by atoms with E-state index in [0.717, 1.165) is 0 Å². The molecular formula is C23H29N3O5. The fraction of sp³-hybridized carbons (Fsp3) is 0.565. The summed E-state index contributed by atoms with van der Waals surface area (Å²) in [7, 11) is 0. The smallest absolute Gasteiger partial charge is 0.245 e. The number of nitrogens with two attached hydrogens (primary N) is 1. The largest absolute Gasteiger partial charge is 0.486 e. The fourth-order valence-corrected chi connectivity index (χ4v) is 4.97. The van der Waals surface area contributed by atoms with Gasteiger partial charge >= 0.3 is 0 Å². The van der Waals surface area contributed by atoms with E-state index >= 15 is 0 Å². The Balaban J connectivity index is 1.43. The molecule has 1 aromatic rings. The monoisotopic (exact) mass is 427 g/mol. The van der Waals surface area contributed by atoms with Crippen LogP contribution in [-0.4, -0.2) is 64.6 Å². The number of ketones is 1. The molecule has 3 aliphatic rings. The van der Waals surface area contributed by atoms with E-state index in [9.17, 15) is 19.2 Å². The standard InChI is InChI=1S/C23H29N3O5/c1-15(22(30)25-11-7-16(8-12-25)21(24)29)26-13-10-23(9-6-20(26)28)14-18(27)17-4-2-3-5-19(17)31-23/h2-5,15-16H,6-14H2,1H3,(H2,24,29). The van der Waals surface area contributed by atoms with Crippen LogP contribution in [0.2, 0.25) is 0 Å². The molecule has 1 spiro atoms. The molecule has 4 rings (SSSR count). The summed E-state index contributed by atoms with van der Waals surface area (Å²) in [5.41, 5.74) is 5.25. The highest BCUT2D eigenvalue weighted by molar-refractivity contribution is 6.00. The van der Waals surface area contributed by atoms with Crippen molar-refractivity contribution in [1.82, 2.24) is 9.80 Å². The van der Waals surface area contributed by atoms with Crippen molar-refractivity contribution in [3.05, 3.63) is 29.8 Å². The number of likely N-dealkylation sites (tertiary alicyclic amines) is 2. The Hall–Kier alpha value is -2.90. The lowest BCUT2D eigenvalue weighted by Crippen LogP contribution is -2.52. The molecular weight excluding hydrogens is 398 g/mol. The number of Topliss-reactive ketones (excluding diaryl/α,β-unsaturated/α-hetero) is 1. The van der Waals surface area contributed by atoms with Crippen molar-refractivity contribution in [1.29, 1.82) is 0 Å². The van der Waals surface area contributed by atoms with Crippen molar-refractivity contribution < 1.29 is 23.9 Å². The van der Waals surface area contributed by atoms with Crippen LogP contribution in [0, 0.1) is 5.92 Å². The third-order valence-electron chi connectivity index (χ3n) is 6.95. The minimum absolute atomic E-state index is 0.0317. The van der Waals surface area contributed by atoms with E-state index in [2.05, 4.69) is 0 Å². The third kappa shape index (κ3) is 4.16. The minimum Gasteiger partial charge on any atom is -0.486 e. The molecule has 8 nitrogen and oxygen atoms in total. The number of ether oxygens (including phenoxy) is 1. The van der Waals surface area contributed by atoms with Crippen molar-refractivity contribution in [3.63, 3.8) is 0 Å². The summed E-state index contributed by atoms with van der Waals surface area (Å²) in [6.07, 6.45) is 2.54. The zero-order valence-electron chi connectivity index (χ0n) is 17.8. The van der Waals surface area contributed by atoms with Crippen LogP contribution in [-0.2, 0) is 14.4 Å². The minimum atomic E-state index is -0.710. The topological polar surface area (TPSA) is 110 Å². The molecule has 2 fully saturated rings. The molecule has 2 atom stereocenters. The summed E-state index contributed by atoms with van der Waals surface area (Å²) < 4.78 is 6.26. The average molecular weight is 428 g/mol. The lowest BCUT2D eigenvalue weighted by Gasteiger charge is -2.38. The van der Waals surface area contributed by atoms with Gasteiger partial charge in [-0.2, -0.15) is 0 Å². The molecule has 2 saturated heterocycles. The summed E-state index contributed by atoms with van der Waals surface area (Å²) in [6, 6.07) is 6.61. The lowest BCUT2D eigenvalue weighted by atomic mass is 9.84. The molecule has 0 saturated carbocycles. The molecule has 166 valence electrons. The van der Waals surface area contributed by atoms with Gasteiger partial charge in [0, 0.05) is 38.4 Å². The third-order valence-corrected chi connectivity index (χ3v) is 6.95. The molecule has 2 N–H and O–H groups in total. The van der Waals surface area contributed by atoms with Crippen molar-refractivity contribution >= 4 is 23.5 Å². The summed E-state index contributed by atoms with van der Waals surface area (Å²) in [4.78, 5) is 53.3. The van der Waals surface area contributed by atoms with Crippen molar-refractivity contribution in [3.8, 4) is 5.75 Å². The first-order valence-electron chi connectivity index (χ1n) is 11.0. The number of fused-ring (bicyclic) bond motifs is 1. The maximum Gasteiger partial charge on any atom is 0.245 e. The summed E-state index contributed by atoms with van der Waals surface area (Å²) in [6.45, 7) is 3.05. The molecule has 8 heteroatoms. The van der Waals surface area contributed by atoms with E-state index in [1.54, 1.807) is 28.9 Å². The number of nitrogens with zero attached hydrogens (tertiary/aromatic N) is 2. The second-order valence-electron chi connectivity index (χ2n) is 8.90. The Morgan fingerprint density at radius 3 is 2.55 bits per heavy atom. The molecule has 0 bridgehead atoms. The maximum absolute atomic E-state index is 13.0. The van der Waals surface area contributed by atoms with Gasteiger partial charge in [0.15, 0.2) is 5.78 Å². The predicted octanol–water partition coefficient (Wildman–Crippen LogP) is 1.52. The van der Waals surface area contributed by atoms with Gasteiger partial charge in [0.25, 0.3) is 0 Å². The van der Waals surface area contributed by atoms with Gasteiger partial charge in [-0.3, -0.25) is 19.2 Å². The van der Waals surface area contributed by atoms with Crippen LogP contribution in [0.15, 0.2) is 24.3 Å². The number of benzene rings is 1. The molecule has 1 aromatic carbocycles. The molecule has 3 aliphatic heterocycles. The Morgan fingerprint density at radius 1 is 1.13 bits per heavy atom. The molecule has 31 heavy (non-hydrogen) atoms. The molecule has 0 radical (unpaired) electrons. The molecule has 3 amide bonds. The van der Waals surface area contributed by atoms with Crippen molar-refractivity contribution in [2.45, 2.75) is 57.1 Å². The number of hydrogen-bond donors (Lipinski definition) is 1. The SMILES string of the molecule is CC(C(=O)N1CCC(C(N)=O)CC1)N1CCC2(CCC1=O)CC(=O)c1ccccc1O2. The normalized spacial score (nSPS) is 25.6. The van der Waals surface area contributed by atoms with Gasteiger partial charge in [0.1, 0.15) is 17.4 Å². The zero-order valence-corrected chi connectivity index (χ0v) is 17.8. The molecule has 3 heterocycles. The first-order chi connectivity index (χ1) is 14.8. The van der Waals surface area contributed by atoms with E-state index in [4.69, 9.17) is 10.5 Å². The van der Waals surface area contributed by atoms with Gasteiger partial charge in [-0.05, 0) is 38.3 Å². The number of amides is 3. The summed E-state index contributed by atoms with van der Waals surface area (Å²) in [5, 5.41) is 0. The quantitative estimate of drug-likeness (QED) is 0.786. The summed E-state index contributed by atoms with van der Waals surface area (Å²) >= 11 is 0. The first kappa shape index (κ1) is 21.3. The lowest BCUT2D eigenvalue weighted by molar-refractivity contribution is -0.146. The van der Waals surface area contributed by atoms with Crippen LogP contribution in [0.25, 0.3) is 0 Å². The number of hydrogen-bond acceptors (Lipinski definition) is 5. The molecule has 2 unspecified atom stereocenters. The fourth-order valence-electron chi connectivity index (χ4n) is 4.97. The van der Waals surface area contributed by atoms with Crippen LogP contribution in [0.3, 0.4) is 0 Å². The van der Waals surface area contributed by atoms with E-state index in [1.165, 1.54) is 0 Å². The zero-order chi connectivity index (χ0) is 22.2. The van der Waals surface area contributed by atoms with E-state index < -0.39 is 11.6 Å². The number of carbonyl (C=O) groups excluding carboxylic acids is 4. The van der Waals surface area contributed by atoms with Gasteiger partial charge in [0.2, 0.25) is 17.7 Å². The highest BCUT2D eigenvalue weighted by Gasteiger charge is 2.44. The highest BCUT2D eigenvalue weighted by atomic mass is 16.5. The first-order valence-corrected chi connectivity index (χ1v) is 11.0. The van der Waals surface area contributed by atoms with Crippen molar-refractivity contribution in [2.24, 2.45) is 11.7 Å². The molecule has 0 aliphatic carbocycles. The maximum atomic E-state index is 13.0. The van der Waals surface area contributed by atoms with E-state index in [0.29, 0.717) is 56.6 Å². The van der Waals surface area contributed by atoms with E-state index in [1.807, 2.05) is 12.1 Å². The van der Waals surface area contributed by atoms with Gasteiger partial charge in [0.05, 0.1) is 12.0 Å².